The highest BCUT2D eigenvalue weighted by molar-refractivity contribution is 6.18. The lowest BCUT2D eigenvalue weighted by atomic mass is 9.61. The minimum Gasteiger partial charge on any atom is -0.336 e. The topological polar surface area (TPSA) is 48.4 Å². The van der Waals surface area contributed by atoms with Gasteiger partial charge < -0.3 is 14.7 Å². The number of benzene rings is 6. The van der Waals surface area contributed by atoms with Crippen LogP contribution in [0.1, 0.15) is 74.0 Å². The van der Waals surface area contributed by atoms with Crippen molar-refractivity contribution in [3.8, 4) is 0 Å². The van der Waals surface area contributed by atoms with Gasteiger partial charge in [-0.2, -0.15) is 0 Å². The predicted molar refractivity (Wildman–Crippen MR) is 263 cm³/mol. The molecular formula is C58H50N6. The van der Waals surface area contributed by atoms with E-state index in [1.165, 1.54) is 0 Å². The van der Waals surface area contributed by atoms with Crippen molar-refractivity contribution in [1.29, 1.82) is 0 Å². The summed E-state index contributed by atoms with van der Waals surface area (Å²) in [6, 6.07) is 31.6. The molecule has 0 spiro atoms. The predicted octanol–water partition coefficient (Wildman–Crippen LogP) is 14.2. The molecule has 3 aromatic heterocycles. The second-order valence-corrected chi connectivity index (χ2v) is 17.8. The van der Waals surface area contributed by atoms with E-state index in [1.54, 1.807) is 17.3 Å². The van der Waals surface area contributed by atoms with Gasteiger partial charge in [0.15, 0.2) is 0 Å². The van der Waals surface area contributed by atoms with Crippen LogP contribution in [-0.4, -0.2) is 27.0 Å². The van der Waals surface area contributed by atoms with Crippen molar-refractivity contribution in [3.63, 3.8) is 0 Å². The summed E-state index contributed by atoms with van der Waals surface area (Å²) in [5, 5.41) is 3.65. The monoisotopic (exact) mass is 840 g/mol. The summed E-state index contributed by atoms with van der Waals surface area (Å²) in [5.74, 6) is -0.493. The first kappa shape index (κ1) is 29.1. The molecule has 5 unspecified atom stereocenters. The largest absolute Gasteiger partial charge is 0.336 e. The van der Waals surface area contributed by atoms with Crippen LogP contribution in [-0.2, 0) is 5.41 Å². The van der Waals surface area contributed by atoms with Gasteiger partial charge in [-0.25, -0.2) is 0 Å². The van der Waals surface area contributed by atoms with Gasteiger partial charge in [-0.15, -0.1) is 0 Å². The molecular weight excluding hydrogens is 781 g/mol. The van der Waals surface area contributed by atoms with Gasteiger partial charge in [-0.3, -0.25) is 15.0 Å². The molecule has 12 rings (SSSR count). The molecule has 4 heterocycles. The van der Waals surface area contributed by atoms with Crippen molar-refractivity contribution in [2.24, 2.45) is 5.92 Å². The first-order valence-corrected chi connectivity index (χ1v) is 21.9. The van der Waals surface area contributed by atoms with Crippen LogP contribution in [0.15, 0.2) is 188 Å². The smallest absolute Gasteiger partial charge is 0.0645 e. The molecule has 6 heteroatoms. The Morgan fingerprint density at radius 2 is 1.25 bits per heavy atom. The van der Waals surface area contributed by atoms with Gasteiger partial charge in [0.1, 0.15) is 0 Å². The molecule has 2 aliphatic carbocycles. The summed E-state index contributed by atoms with van der Waals surface area (Å²) in [7, 11) is 0. The molecule has 0 saturated heterocycles. The quantitative estimate of drug-likeness (QED) is 0.149. The van der Waals surface area contributed by atoms with Gasteiger partial charge in [0, 0.05) is 74.7 Å². The third-order valence-electron chi connectivity index (χ3n) is 14.1. The van der Waals surface area contributed by atoms with Crippen molar-refractivity contribution in [2.45, 2.75) is 63.5 Å². The summed E-state index contributed by atoms with van der Waals surface area (Å²) in [6.45, 7) is 8.29. The zero-order valence-electron chi connectivity index (χ0n) is 45.9. The van der Waals surface area contributed by atoms with Crippen LogP contribution >= 0.6 is 0 Å². The van der Waals surface area contributed by atoms with Gasteiger partial charge in [0.05, 0.1) is 49.2 Å². The summed E-state index contributed by atoms with van der Waals surface area (Å²) in [5.41, 5.74) is 7.98. The van der Waals surface area contributed by atoms with Crippen LogP contribution in [0.3, 0.4) is 0 Å². The van der Waals surface area contributed by atoms with E-state index in [-0.39, 0.29) is 59.3 Å². The first-order chi connectivity index (χ1) is 35.5. The number of nitrogens with zero attached hydrogens (tertiary/aromatic N) is 6. The molecule has 1 aliphatic heterocycles. The van der Waals surface area contributed by atoms with E-state index in [1.807, 2.05) is 97.7 Å². The van der Waals surface area contributed by atoms with Crippen LogP contribution in [0.2, 0.25) is 0 Å². The fraction of sp³-hybridized carbons (Fsp3) is 0.190. The van der Waals surface area contributed by atoms with E-state index in [0.717, 1.165) is 61.1 Å². The van der Waals surface area contributed by atoms with Crippen molar-refractivity contribution in [2.75, 3.05) is 14.7 Å². The van der Waals surface area contributed by atoms with Crippen molar-refractivity contribution in [1.82, 2.24) is 15.0 Å². The fourth-order valence-electron chi connectivity index (χ4n) is 11.5. The Morgan fingerprint density at radius 3 is 1.95 bits per heavy atom. The second kappa shape index (κ2) is 14.9. The van der Waals surface area contributed by atoms with Gasteiger partial charge >= 0.3 is 0 Å². The van der Waals surface area contributed by atoms with E-state index < -0.39 is 47.7 Å². The lowest BCUT2D eigenvalue weighted by Gasteiger charge is -2.51. The molecule has 64 heavy (non-hydrogen) atoms. The highest BCUT2D eigenvalue weighted by Gasteiger charge is 2.62. The Labute approximate surface area is 389 Å². The van der Waals surface area contributed by atoms with Crippen LogP contribution < -0.4 is 14.7 Å². The van der Waals surface area contributed by atoms with Crippen LogP contribution in [0.25, 0.3) is 21.5 Å². The Bertz CT molecular complexity index is 3720. The number of para-hydroxylation sites is 3. The number of pyridine rings is 3. The third kappa shape index (κ3) is 5.88. The summed E-state index contributed by atoms with van der Waals surface area (Å²) in [4.78, 5) is 20.7. The molecule has 1 saturated carbocycles. The maximum atomic E-state index is 9.59. The normalized spacial score (nSPS) is 22.6. The highest BCUT2D eigenvalue weighted by Crippen LogP contribution is 2.67. The van der Waals surface area contributed by atoms with E-state index in [4.69, 9.17) is 18.2 Å². The molecule has 1 fully saturated rings. The van der Waals surface area contributed by atoms with Gasteiger partial charge in [-0.1, -0.05) is 105 Å². The molecule has 5 atom stereocenters. The molecule has 6 aromatic carbocycles. The van der Waals surface area contributed by atoms with E-state index in [2.05, 4.69) is 60.1 Å². The van der Waals surface area contributed by atoms with Crippen molar-refractivity contribution < 1.29 is 13.7 Å². The maximum absolute atomic E-state index is 9.59. The van der Waals surface area contributed by atoms with Crippen molar-refractivity contribution in [3.05, 3.63) is 216 Å². The summed E-state index contributed by atoms with van der Waals surface area (Å²) >= 11 is 0. The van der Waals surface area contributed by atoms with E-state index in [0.29, 0.717) is 23.5 Å². The molecule has 0 radical (unpaired) electrons. The molecule has 0 bridgehead atoms. The highest BCUT2D eigenvalue weighted by atomic mass is 15.3. The zero-order valence-corrected chi connectivity index (χ0v) is 35.9. The van der Waals surface area contributed by atoms with Crippen molar-refractivity contribution >= 4 is 61.4 Å². The molecule has 3 aliphatic rings. The molecule has 0 N–H and O–H groups in total. The Hall–Kier alpha value is -7.31. The lowest BCUT2D eigenvalue weighted by molar-refractivity contribution is 0.177. The number of aromatic nitrogens is 3. The van der Waals surface area contributed by atoms with E-state index >= 15 is 0 Å². The minimum absolute atomic E-state index is 0.00765. The minimum atomic E-state index is -0.510. The fourth-order valence-corrected chi connectivity index (χ4v) is 11.5. The Balaban J connectivity index is 1.20. The zero-order chi connectivity index (χ0) is 51.8. The first-order valence-electron chi connectivity index (χ1n) is 26.9. The summed E-state index contributed by atoms with van der Waals surface area (Å²) < 4.78 is 90.2. The number of hydrogen-bond donors (Lipinski definition) is 0. The van der Waals surface area contributed by atoms with Crippen LogP contribution in [0, 0.1) is 19.8 Å². The maximum Gasteiger partial charge on any atom is 0.0645 e. The molecule has 9 aromatic rings. The lowest BCUT2D eigenvalue weighted by Crippen LogP contribution is -2.53. The van der Waals surface area contributed by atoms with Gasteiger partial charge in [0.25, 0.3) is 0 Å². The number of rotatable bonds is 7. The number of anilines is 7. The number of hydrogen-bond acceptors (Lipinski definition) is 6. The molecule has 0 amide bonds. The number of aryl methyl sites for hydroxylation is 2. The second-order valence-electron chi connectivity index (χ2n) is 17.8. The Morgan fingerprint density at radius 1 is 0.594 bits per heavy atom. The van der Waals surface area contributed by atoms with Gasteiger partial charge in [0.2, 0.25) is 0 Å². The summed E-state index contributed by atoms with van der Waals surface area (Å²) in [6.07, 6.45) is 5.83. The average molecular weight is 841 g/mol. The SMILES string of the molecule is [2H]c1c([2H])c([2H])c(N(c2ccc(C)nc2)c2ccc3c4c(c5ccccc5c3c2)C2C(N(c3ccc(C)nc3)c3c([2H])c([2H])c([2H])c([2H])c3[2H])CC3C(c5cccnc5C3(C)C)C2N4c2ccccc2)c([2H])c1[2H]. The van der Waals surface area contributed by atoms with Gasteiger partial charge in [-0.05, 0) is 132 Å². The van der Waals surface area contributed by atoms with E-state index in [9.17, 15) is 5.48 Å². The molecule has 6 nitrogen and oxygen atoms in total. The average Bonchev–Trinajstić information content (AvgIpc) is 4.01. The standard InChI is InChI=1S/C58H50N6/c1-37-26-28-43(35-60-37)62(39-17-8-5-9-18-39)42-30-31-47-49(33-42)45-23-14-15-24-46(45)53-54-51(63(40-19-10-6-11-20-40)44-29-27-38(2)61-36-44)34-50-52(48-25-16-32-59-57(48)58(50,3)4)56(54)64(55(47)53)41-21-12-7-13-22-41/h5-33,35-36,50-52,54,56H,34H2,1-4H3/i5D,6D,8D,9D,10D,11D,17D,18D,19D,20D. The molecule has 312 valence electrons. The Kier molecular flexibility index (Phi) is 6.79. The number of fused-ring (bicyclic) bond motifs is 12. The third-order valence-corrected chi connectivity index (χ3v) is 14.1. The van der Waals surface area contributed by atoms with Crippen LogP contribution in [0.5, 0.6) is 0 Å². The van der Waals surface area contributed by atoms with Crippen LogP contribution in [0.4, 0.5) is 39.8 Å².